The van der Waals surface area contributed by atoms with E-state index in [9.17, 15) is 0 Å². The van der Waals surface area contributed by atoms with E-state index in [1.165, 1.54) is 11.1 Å². The van der Waals surface area contributed by atoms with Crippen LogP contribution in [0.5, 0.6) is 0 Å². The molecular formula is C10H16N2. The average Bonchev–Trinajstić information content (AvgIpc) is 2.03. The molecule has 1 heterocycles. The Labute approximate surface area is 73.8 Å². The molecule has 1 atom stereocenters. The summed E-state index contributed by atoms with van der Waals surface area (Å²) in [5.41, 5.74) is 8.30. The fourth-order valence-corrected chi connectivity index (χ4v) is 1.14. The summed E-state index contributed by atoms with van der Waals surface area (Å²) in [6.45, 7) is 4.14. The van der Waals surface area contributed by atoms with E-state index in [4.69, 9.17) is 5.73 Å². The summed E-state index contributed by atoms with van der Waals surface area (Å²) >= 11 is 0. The van der Waals surface area contributed by atoms with Gasteiger partial charge in [-0.2, -0.15) is 0 Å². The molecule has 1 aromatic rings. The van der Waals surface area contributed by atoms with Crippen molar-refractivity contribution in [2.45, 2.75) is 32.7 Å². The van der Waals surface area contributed by atoms with Crippen molar-refractivity contribution < 1.29 is 0 Å². The van der Waals surface area contributed by atoms with Crippen LogP contribution in [-0.2, 0) is 6.42 Å². The minimum absolute atomic E-state index is 0.282. The summed E-state index contributed by atoms with van der Waals surface area (Å²) in [7, 11) is 0. The molecule has 12 heavy (non-hydrogen) atoms. The van der Waals surface area contributed by atoms with Gasteiger partial charge in [-0.25, -0.2) is 0 Å². The van der Waals surface area contributed by atoms with E-state index in [1.54, 1.807) is 0 Å². The van der Waals surface area contributed by atoms with Gasteiger partial charge < -0.3 is 5.73 Å². The molecule has 66 valence electrons. The van der Waals surface area contributed by atoms with Gasteiger partial charge >= 0.3 is 0 Å². The SMILES string of the molecule is Cc1ccncc1CC[C@H](C)N. The molecule has 0 bridgehead atoms. The standard InChI is InChI=1S/C10H16N2/c1-8-5-6-12-7-10(8)4-3-9(2)11/h5-7,9H,3-4,11H2,1-2H3/t9-/m0/s1. The van der Waals surface area contributed by atoms with Crippen LogP contribution in [0.3, 0.4) is 0 Å². The van der Waals surface area contributed by atoms with Crippen LogP contribution >= 0.6 is 0 Å². The monoisotopic (exact) mass is 164 g/mol. The van der Waals surface area contributed by atoms with Crippen molar-refractivity contribution in [1.82, 2.24) is 4.98 Å². The number of hydrogen-bond donors (Lipinski definition) is 1. The maximum atomic E-state index is 5.67. The summed E-state index contributed by atoms with van der Waals surface area (Å²) in [5.74, 6) is 0. The lowest BCUT2D eigenvalue weighted by Gasteiger charge is -2.06. The van der Waals surface area contributed by atoms with E-state index < -0.39 is 0 Å². The molecule has 0 spiro atoms. The molecule has 0 unspecified atom stereocenters. The smallest absolute Gasteiger partial charge is 0.0302 e. The molecule has 2 heteroatoms. The fraction of sp³-hybridized carbons (Fsp3) is 0.500. The highest BCUT2D eigenvalue weighted by Gasteiger charge is 1.99. The number of nitrogens with two attached hydrogens (primary N) is 1. The third kappa shape index (κ3) is 2.62. The zero-order valence-electron chi connectivity index (χ0n) is 7.75. The van der Waals surface area contributed by atoms with Crippen LogP contribution < -0.4 is 5.73 Å². The molecule has 1 rings (SSSR count). The molecule has 0 aliphatic rings. The molecule has 0 amide bonds. The largest absolute Gasteiger partial charge is 0.328 e. The van der Waals surface area contributed by atoms with Crippen LogP contribution in [0.4, 0.5) is 0 Å². The van der Waals surface area contributed by atoms with Crippen molar-refractivity contribution in [3.63, 3.8) is 0 Å². The van der Waals surface area contributed by atoms with Gasteiger partial charge in [-0.1, -0.05) is 0 Å². The lowest BCUT2D eigenvalue weighted by Crippen LogP contribution is -2.15. The normalized spacial score (nSPS) is 12.9. The summed E-state index contributed by atoms with van der Waals surface area (Å²) in [6, 6.07) is 2.32. The minimum Gasteiger partial charge on any atom is -0.328 e. The van der Waals surface area contributed by atoms with E-state index in [0.29, 0.717) is 0 Å². The van der Waals surface area contributed by atoms with E-state index in [2.05, 4.69) is 11.9 Å². The Morgan fingerprint density at radius 1 is 1.58 bits per heavy atom. The van der Waals surface area contributed by atoms with Crippen LogP contribution in [0, 0.1) is 6.92 Å². The van der Waals surface area contributed by atoms with E-state index in [-0.39, 0.29) is 6.04 Å². The van der Waals surface area contributed by atoms with E-state index in [0.717, 1.165) is 12.8 Å². The Hall–Kier alpha value is -0.890. The molecule has 0 fully saturated rings. The zero-order valence-corrected chi connectivity index (χ0v) is 7.75. The third-order valence-corrected chi connectivity index (χ3v) is 2.02. The molecule has 0 aliphatic carbocycles. The lowest BCUT2D eigenvalue weighted by atomic mass is 10.0. The van der Waals surface area contributed by atoms with Crippen molar-refractivity contribution in [2.24, 2.45) is 5.73 Å². The topological polar surface area (TPSA) is 38.9 Å². The molecule has 0 aromatic carbocycles. The number of nitrogens with zero attached hydrogens (tertiary/aromatic N) is 1. The van der Waals surface area contributed by atoms with Crippen LogP contribution in [0.25, 0.3) is 0 Å². The molecule has 2 N–H and O–H groups in total. The highest BCUT2D eigenvalue weighted by atomic mass is 14.6. The van der Waals surface area contributed by atoms with Gasteiger partial charge in [0, 0.05) is 18.4 Å². The first-order valence-corrected chi connectivity index (χ1v) is 4.35. The maximum Gasteiger partial charge on any atom is 0.0302 e. The second-order valence-electron chi connectivity index (χ2n) is 3.32. The van der Waals surface area contributed by atoms with Gasteiger partial charge in [0.05, 0.1) is 0 Å². The van der Waals surface area contributed by atoms with Gasteiger partial charge in [0.2, 0.25) is 0 Å². The van der Waals surface area contributed by atoms with Gasteiger partial charge in [0.1, 0.15) is 0 Å². The van der Waals surface area contributed by atoms with Crippen molar-refractivity contribution in [3.05, 3.63) is 29.6 Å². The van der Waals surface area contributed by atoms with Crippen LogP contribution in [-0.4, -0.2) is 11.0 Å². The van der Waals surface area contributed by atoms with Crippen molar-refractivity contribution in [2.75, 3.05) is 0 Å². The molecule has 2 nitrogen and oxygen atoms in total. The van der Waals surface area contributed by atoms with Crippen LogP contribution in [0.1, 0.15) is 24.5 Å². The Morgan fingerprint density at radius 2 is 2.33 bits per heavy atom. The van der Waals surface area contributed by atoms with Crippen LogP contribution in [0.15, 0.2) is 18.5 Å². The summed E-state index contributed by atoms with van der Waals surface area (Å²) in [5, 5.41) is 0. The Bertz CT molecular complexity index is 243. The summed E-state index contributed by atoms with van der Waals surface area (Å²) < 4.78 is 0. The minimum atomic E-state index is 0.282. The molecule has 0 saturated heterocycles. The average molecular weight is 164 g/mol. The summed E-state index contributed by atoms with van der Waals surface area (Å²) in [4.78, 5) is 4.08. The van der Waals surface area contributed by atoms with Gasteiger partial charge in [0.15, 0.2) is 0 Å². The molecule has 0 aliphatic heterocycles. The first-order chi connectivity index (χ1) is 5.70. The van der Waals surface area contributed by atoms with Crippen molar-refractivity contribution in [3.8, 4) is 0 Å². The number of aromatic nitrogens is 1. The number of pyridine rings is 1. The zero-order chi connectivity index (χ0) is 8.97. The number of aryl methyl sites for hydroxylation is 2. The van der Waals surface area contributed by atoms with Gasteiger partial charge in [-0.05, 0) is 43.9 Å². The van der Waals surface area contributed by atoms with Crippen molar-refractivity contribution in [1.29, 1.82) is 0 Å². The quantitative estimate of drug-likeness (QED) is 0.738. The van der Waals surface area contributed by atoms with Gasteiger partial charge in [-0.3, -0.25) is 4.98 Å². The predicted molar refractivity (Wildman–Crippen MR) is 50.9 cm³/mol. The molecular weight excluding hydrogens is 148 g/mol. The highest BCUT2D eigenvalue weighted by Crippen LogP contribution is 2.08. The van der Waals surface area contributed by atoms with E-state index in [1.807, 2.05) is 25.4 Å². The first kappa shape index (κ1) is 9.20. The van der Waals surface area contributed by atoms with Gasteiger partial charge in [-0.15, -0.1) is 0 Å². The molecule has 0 radical (unpaired) electrons. The Kier molecular flexibility index (Phi) is 3.23. The summed E-state index contributed by atoms with van der Waals surface area (Å²) in [6.07, 6.45) is 5.83. The number of rotatable bonds is 3. The molecule has 1 aromatic heterocycles. The fourth-order valence-electron chi connectivity index (χ4n) is 1.14. The second kappa shape index (κ2) is 4.21. The second-order valence-corrected chi connectivity index (χ2v) is 3.32. The predicted octanol–water partition coefficient (Wildman–Crippen LogP) is 1.67. The Balaban J connectivity index is 2.57. The maximum absolute atomic E-state index is 5.67. The van der Waals surface area contributed by atoms with Crippen molar-refractivity contribution >= 4 is 0 Å². The number of hydrogen-bond acceptors (Lipinski definition) is 2. The highest BCUT2D eigenvalue weighted by molar-refractivity contribution is 5.21. The third-order valence-electron chi connectivity index (χ3n) is 2.02. The lowest BCUT2D eigenvalue weighted by molar-refractivity contribution is 0.663. The van der Waals surface area contributed by atoms with E-state index >= 15 is 0 Å². The van der Waals surface area contributed by atoms with Gasteiger partial charge in [0.25, 0.3) is 0 Å². The first-order valence-electron chi connectivity index (χ1n) is 4.35. The molecule has 0 saturated carbocycles. The van der Waals surface area contributed by atoms with Crippen LogP contribution in [0.2, 0.25) is 0 Å². The Morgan fingerprint density at radius 3 is 2.92 bits per heavy atom.